The zero-order chi connectivity index (χ0) is 7.56. The molecule has 0 radical (unpaired) electrons. The zero-order valence-electron chi connectivity index (χ0n) is 4.94. The van der Waals surface area contributed by atoms with Gasteiger partial charge in [0.1, 0.15) is 0 Å². The number of halogens is 3. The van der Waals surface area contributed by atoms with Crippen LogP contribution < -0.4 is 0 Å². The first kappa shape index (κ1) is 8.39. The molecule has 0 aliphatic rings. The quantitative estimate of drug-likeness (QED) is 0.573. The van der Waals surface area contributed by atoms with E-state index < -0.39 is 0 Å². The summed E-state index contributed by atoms with van der Waals surface area (Å²) in [7, 11) is 0. The normalized spacial score (nSPS) is 9.90. The number of hydrogen-bond donors (Lipinski definition) is 0. The van der Waals surface area contributed by atoms with Gasteiger partial charge in [-0.3, -0.25) is 4.98 Å². The zero-order valence-corrected chi connectivity index (χ0v) is 8.69. The summed E-state index contributed by atoms with van der Waals surface area (Å²) in [5.41, 5.74) is 0.465. The van der Waals surface area contributed by atoms with Crippen molar-refractivity contribution in [3.63, 3.8) is 0 Å². The molecule has 0 saturated carbocycles. The lowest BCUT2D eigenvalue weighted by molar-refractivity contribution is 0.601. The van der Waals surface area contributed by atoms with Crippen LogP contribution in [-0.4, -0.2) is 4.98 Å². The van der Waals surface area contributed by atoms with Crippen molar-refractivity contribution in [2.75, 3.05) is 0 Å². The van der Waals surface area contributed by atoms with Crippen LogP contribution >= 0.6 is 38.5 Å². The van der Waals surface area contributed by atoms with Crippen LogP contribution in [-0.2, 0) is 5.33 Å². The Morgan fingerprint density at radius 2 is 2.40 bits per heavy atom. The van der Waals surface area contributed by atoms with E-state index in [1.54, 1.807) is 12.3 Å². The molecule has 1 aromatic heterocycles. The Morgan fingerprint density at radius 1 is 1.70 bits per heavy atom. The van der Waals surface area contributed by atoms with E-state index in [1.807, 2.05) is 22.6 Å². The number of alkyl halides is 1. The van der Waals surface area contributed by atoms with Crippen molar-refractivity contribution in [3.05, 3.63) is 27.3 Å². The lowest BCUT2D eigenvalue weighted by atomic mass is 10.4. The van der Waals surface area contributed by atoms with Gasteiger partial charge in [-0.1, -0.05) is 15.9 Å². The molecule has 0 bridgehead atoms. The van der Waals surface area contributed by atoms with Gasteiger partial charge in [0.25, 0.3) is 0 Å². The third-order valence-corrected chi connectivity index (χ3v) is 2.41. The first-order valence-corrected chi connectivity index (χ1v) is 4.80. The molecule has 4 heteroatoms. The highest BCUT2D eigenvalue weighted by Crippen LogP contribution is 2.14. The van der Waals surface area contributed by atoms with Gasteiger partial charge < -0.3 is 0 Å². The topological polar surface area (TPSA) is 12.9 Å². The number of hydrogen-bond acceptors (Lipinski definition) is 1. The van der Waals surface area contributed by atoms with Gasteiger partial charge in [0.15, 0.2) is 5.82 Å². The Kier molecular flexibility index (Phi) is 3.03. The van der Waals surface area contributed by atoms with Crippen molar-refractivity contribution >= 4 is 38.5 Å². The van der Waals surface area contributed by atoms with E-state index >= 15 is 0 Å². The predicted molar refractivity (Wildman–Crippen MR) is 49.5 cm³/mol. The SMILES string of the molecule is Fc1c(I)ccnc1CBr. The van der Waals surface area contributed by atoms with Crippen molar-refractivity contribution < 1.29 is 4.39 Å². The summed E-state index contributed by atoms with van der Waals surface area (Å²) in [6, 6.07) is 1.64. The first-order valence-electron chi connectivity index (χ1n) is 2.60. The maximum absolute atomic E-state index is 12.9. The summed E-state index contributed by atoms with van der Waals surface area (Å²) >= 11 is 5.07. The first-order chi connectivity index (χ1) is 4.75. The summed E-state index contributed by atoms with van der Waals surface area (Å²) in [5, 5.41) is 0.468. The molecule has 1 heterocycles. The van der Waals surface area contributed by atoms with E-state index in [4.69, 9.17) is 0 Å². The standard InChI is InChI=1S/C6H4BrFIN/c7-3-5-6(8)4(9)1-2-10-5/h1-2H,3H2. The number of pyridine rings is 1. The lowest BCUT2D eigenvalue weighted by Crippen LogP contribution is -1.92. The van der Waals surface area contributed by atoms with Crippen LogP contribution in [0.5, 0.6) is 0 Å². The molecule has 0 atom stereocenters. The Bertz CT molecular complexity index is 241. The molecule has 10 heavy (non-hydrogen) atoms. The fourth-order valence-electron chi connectivity index (χ4n) is 0.554. The molecule has 1 nitrogen and oxygen atoms in total. The molecule has 1 rings (SSSR count). The van der Waals surface area contributed by atoms with Crippen LogP contribution in [0.4, 0.5) is 4.39 Å². The Balaban J connectivity index is 3.14. The van der Waals surface area contributed by atoms with E-state index in [-0.39, 0.29) is 5.82 Å². The minimum atomic E-state index is -0.222. The highest BCUT2D eigenvalue weighted by Gasteiger charge is 2.04. The van der Waals surface area contributed by atoms with Crippen LogP contribution in [0.1, 0.15) is 5.69 Å². The van der Waals surface area contributed by atoms with Gasteiger partial charge in [-0.2, -0.15) is 0 Å². The summed E-state index contributed by atoms with van der Waals surface area (Å²) in [4.78, 5) is 3.83. The molecule has 0 unspecified atom stereocenters. The second-order valence-electron chi connectivity index (χ2n) is 1.69. The molecule has 1 aromatic rings. The van der Waals surface area contributed by atoms with Crippen LogP contribution in [0, 0.1) is 9.39 Å². The van der Waals surface area contributed by atoms with Gasteiger partial charge >= 0.3 is 0 Å². The second kappa shape index (κ2) is 3.61. The summed E-state index contributed by atoms with van der Waals surface area (Å²) in [6.45, 7) is 0. The van der Waals surface area contributed by atoms with Crippen molar-refractivity contribution in [2.45, 2.75) is 5.33 Å². The Labute approximate surface area is 80.3 Å². The van der Waals surface area contributed by atoms with Crippen LogP contribution in [0.2, 0.25) is 0 Å². The van der Waals surface area contributed by atoms with E-state index in [1.165, 1.54) is 0 Å². The smallest absolute Gasteiger partial charge is 0.158 e. The Hall–Kier alpha value is 0.290. The van der Waals surface area contributed by atoms with Crippen molar-refractivity contribution in [3.8, 4) is 0 Å². The summed E-state index contributed by atoms with van der Waals surface area (Å²) < 4.78 is 13.5. The molecule has 0 aliphatic heterocycles. The van der Waals surface area contributed by atoms with E-state index in [9.17, 15) is 4.39 Å². The van der Waals surface area contributed by atoms with Crippen molar-refractivity contribution in [1.29, 1.82) is 0 Å². The van der Waals surface area contributed by atoms with E-state index in [2.05, 4.69) is 20.9 Å². The summed E-state index contributed by atoms with van der Waals surface area (Å²) in [6.07, 6.45) is 1.60. The van der Waals surface area contributed by atoms with Crippen LogP contribution in [0.15, 0.2) is 12.3 Å². The van der Waals surface area contributed by atoms with Gasteiger partial charge in [-0.25, -0.2) is 4.39 Å². The molecule has 0 amide bonds. The molecule has 0 aromatic carbocycles. The summed E-state index contributed by atoms with van der Waals surface area (Å²) in [5.74, 6) is -0.222. The van der Waals surface area contributed by atoms with Crippen molar-refractivity contribution in [2.24, 2.45) is 0 Å². The fourth-order valence-corrected chi connectivity index (χ4v) is 1.42. The van der Waals surface area contributed by atoms with Gasteiger partial charge in [-0.05, 0) is 28.7 Å². The molecule has 0 spiro atoms. The Morgan fingerprint density at radius 3 is 2.90 bits per heavy atom. The average Bonchev–Trinajstić information content (AvgIpc) is 1.95. The van der Waals surface area contributed by atoms with Gasteiger partial charge in [0.05, 0.1) is 9.26 Å². The van der Waals surface area contributed by atoms with Crippen LogP contribution in [0.25, 0.3) is 0 Å². The maximum atomic E-state index is 12.9. The predicted octanol–water partition coefficient (Wildman–Crippen LogP) is 2.72. The minimum absolute atomic E-state index is 0.222. The molecule has 0 saturated heterocycles. The average molecular weight is 316 g/mol. The minimum Gasteiger partial charge on any atom is -0.257 e. The number of aromatic nitrogens is 1. The molecule has 0 fully saturated rings. The highest BCUT2D eigenvalue weighted by atomic mass is 127. The third-order valence-electron chi connectivity index (χ3n) is 1.04. The molecule has 54 valence electrons. The van der Waals surface area contributed by atoms with Crippen LogP contribution in [0.3, 0.4) is 0 Å². The van der Waals surface area contributed by atoms with E-state index in [0.29, 0.717) is 14.6 Å². The lowest BCUT2D eigenvalue weighted by Gasteiger charge is -1.97. The third kappa shape index (κ3) is 1.66. The molecular weight excluding hydrogens is 312 g/mol. The largest absolute Gasteiger partial charge is 0.257 e. The second-order valence-corrected chi connectivity index (χ2v) is 3.41. The van der Waals surface area contributed by atoms with Gasteiger partial charge in [0, 0.05) is 11.5 Å². The van der Waals surface area contributed by atoms with Gasteiger partial charge in [0.2, 0.25) is 0 Å². The van der Waals surface area contributed by atoms with Crippen molar-refractivity contribution in [1.82, 2.24) is 4.98 Å². The highest BCUT2D eigenvalue weighted by molar-refractivity contribution is 14.1. The van der Waals surface area contributed by atoms with Gasteiger partial charge in [-0.15, -0.1) is 0 Å². The molecular formula is C6H4BrFIN. The maximum Gasteiger partial charge on any atom is 0.158 e. The molecule has 0 aliphatic carbocycles. The fraction of sp³-hybridized carbons (Fsp3) is 0.167. The number of rotatable bonds is 1. The molecule has 0 N–H and O–H groups in total. The monoisotopic (exact) mass is 315 g/mol. The van der Waals surface area contributed by atoms with E-state index in [0.717, 1.165) is 0 Å². The number of nitrogens with zero attached hydrogens (tertiary/aromatic N) is 1.